The van der Waals surface area contributed by atoms with Crippen LogP contribution in [0.15, 0.2) is 30.6 Å². The van der Waals surface area contributed by atoms with Gasteiger partial charge in [-0.2, -0.15) is 5.10 Å². The molecule has 0 unspecified atom stereocenters. The summed E-state index contributed by atoms with van der Waals surface area (Å²) in [5.41, 5.74) is 5.57. The van der Waals surface area contributed by atoms with Crippen LogP contribution in [0, 0.1) is 6.92 Å². The first-order valence-electron chi connectivity index (χ1n) is 7.02. The first-order valence-corrected chi connectivity index (χ1v) is 7.40. The standard InChI is InChI=1S/C16H14ClN5/c1-10-15(17)20-13-8-18-22(16(13)19-10)14-5-3-4-11-9-21(2)7-6-12(11)14/h3-8H,9H2,1-2H3. The van der Waals surface area contributed by atoms with Gasteiger partial charge in [0.15, 0.2) is 10.8 Å². The summed E-state index contributed by atoms with van der Waals surface area (Å²) in [7, 11) is 2.06. The third-order valence-electron chi connectivity index (χ3n) is 3.83. The minimum Gasteiger partial charge on any atom is -0.376 e. The summed E-state index contributed by atoms with van der Waals surface area (Å²) < 4.78 is 1.83. The van der Waals surface area contributed by atoms with E-state index in [0.29, 0.717) is 16.4 Å². The molecule has 110 valence electrons. The molecule has 0 bridgehead atoms. The average molecular weight is 312 g/mol. The Hall–Kier alpha value is -2.40. The Bertz CT molecular complexity index is 912. The molecule has 0 atom stereocenters. The maximum absolute atomic E-state index is 6.05. The van der Waals surface area contributed by atoms with Crippen molar-refractivity contribution < 1.29 is 0 Å². The van der Waals surface area contributed by atoms with Gasteiger partial charge in [0.05, 0.1) is 17.6 Å². The van der Waals surface area contributed by atoms with Crippen LogP contribution in [-0.4, -0.2) is 31.7 Å². The van der Waals surface area contributed by atoms with E-state index in [9.17, 15) is 0 Å². The van der Waals surface area contributed by atoms with Gasteiger partial charge in [0.25, 0.3) is 0 Å². The van der Waals surface area contributed by atoms with E-state index in [0.717, 1.165) is 17.9 Å². The van der Waals surface area contributed by atoms with Crippen LogP contribution in [-0.2, 0) is 6.54 Å². The molecular weight excluding hydrogens is 298 g/mol. The van der Waals surface area contributed by atoms with Crippen LogP contribution >= 0.6 is 11.6 Å². The summed E-state index contributed by atoms with van der Waals surface area (Å²) in [6.45, 7) is 2.73. The molecule has 5 nitrogen and oxygen atoms in total. The summed E-state index contributed by atoms with van der Waals surface area (Å²) >= 11 is 6.05. The molecule has 0 spiro atoms. The Labute approximate surface area is 132 Å². The molecule has 0 radical (unpaired) electrons. The molecule has 1 aliphatic heterocycles. The molecule has 22 heavy (non-hydrogen) atoms. The number of aryl methyl sites for hydroxylation is 1. The first kappa shape index (κ1) is 13.3. The highest BCUT2D eigenvalue weighted by Gasteiger charge is 2.16. The fourth-order valence-electron chi connectivity index (χ4n) is 2.72. The second kappa shape index (κ2) is 4.81. The average Bonchev–Trinajstić information content (AvgIpc) is 2.89. The van der Waals surface area contributed by atoms with Crippen molar-refractivity contribution in [3.8, 4) is 5.69 Å². The van der Waals surface area contributed by atoms with Crippen LogP contribution in [0.5, 0.6) is 0 Å². The molecular formula is C16H14ClN5. The van der Waals surface area contributed by atoms with Gasteiger partial charge >= 0.3 is 0 Å². The molecule has 0 aliphatic carbocycles. The Morgan fingerprint density at radius 3 is 2.95 bits per heavy atom. The van der Waals surface area contributed by atoms with Crippen LogP contribution in [0.2, 0.25) is 5.15 Å². The van der Waals surface area contributed by atoms with Crippen LogP contribution in [0.4, 0.5) is 0 Å². The van der Waals surface area contributed by atoms with Crippen molar-refractivity contribution in [3.05, 3.63) is 52.6 Å². The minimum absolute atomic E-state index is 0.420. The van der Waals surface area contributed by atoms with E-state index < -0.39 is 0 Å². The van der Waals surface area contributed by atoms with Crippen molar-refractivity contribution in [1.82, 2.24) is 24.6 Å². The minimum atomic E-state index is 0.420. The van der Waals surface area contributed by atoms with Gasteiger partial charge in [0.2, 0.25) is 0 Å². The highest BCUT2D eigenvalue weighted by Crippen LogP contribution is 2.27. The lowest BCUT2D eigenvalue weighted by molar-refractivity contribution is 0.447. The molecule has 1 aliphatic rings. The zero-order chi connectivity index (χ0) is 15.3. The predicted molar refractivity (Wildman–Crippen MR) is 86.9 cm³/mol. The first-order chi connectivity index (χ1) is 10.6. The van der Waals surface area contributed by atoms with Crippen molar-refractivity contribution in [2.75, 3.05) is 7.05 Å². The Morgan fingerprint density at radius 2 is 2.09 bits per heavy atom. The monoisotopic (exact) mass is 311 g/mol. The highest BCUT2D eigenvalue weighted by atomic mass is 35.5. The number of hydrogen-bond acceptors (Lipinski definition) is 4. The maximum Gasteiger partial charge on any atom is 0.182 e. The predicted octanol–water partition coefficient (Wildman–Crippen LogP) is 3.19. The van der Waals surface area contributed by atoms with Crippen molar-refractivity contribution in [2.45, 2.75) is 13.5 Å². The topological polar surface area (TPSA) is 46.8 Å². The summed E-state index contributed by atoms with van der Waals surface area (Å²) in [4.78, 5) is 11.0. The van der Waals surface area contributed by atoms with E-state index >= 15 is 0 Å². The Morgan fingerprint density at radius 1 is 1.23 bits per heavy atom. The van der Waals surface area contributed by atoms with E-state index in [2.05, 4.69) is 45.4 Å². The highest BCUT2D eigenvalue weighted by molar-refractivity contribution is 6.30. The van der Waals surface area contributed by atoms with E-state index in [1.54, 1.807) is 6.20 Å². The van der Waals surface area contributed by atoms with Crippen LogP contribution in [0.3, 0.4) is 0 Å². The van der Waals surface area contributed by atoms with Crippen molar-refractivity contribution in [1.29, 1.82) is 0 Å². The second-order valence-electron chi connectivity index (χ2n) is 5.45. The van der Waals surface area contributed by atoms with Gasteiger partial charge in [-0.15, -0.1) is 0 Å². The third kappa shape index (κ3) is 1.97. The van der Waals surface area contributed by atoms with Gasteiger partial charge < -0.3 is 4.90 Å². The normalized spacial score (nSPS) is 13.7. The number of benzene rings is 1. The molecule has 0 saturated carbocycles. The van der Waals surface area contributed by atoms with Crippen LogP contribution in [0.1, 0.15) is 16.8 Å². The lowest BCUT2D eigenvalue weighted by Gasteiger charge is -2.22. The number of halogens is 1. The van der Waals surface area contributed by atoms with E-state index in [1.165, 1.54) is 11.1 Å². The van der Waals surface area contributed by atoms with Crippen molar-refractivity contribution in [2.24, 2.45) is 0 Å². The summed E-state index contributed by atoms with van der Waals surface area (Å²) in [6.07, 6.45) is 5.88. The zero-order valence-corrected chi connectivity index (χ0v) is 13.0. The van der Waals surface area contributed by atoms with E-state index in [1.807, 2.05) is 23.7 Å². The van der Waals surface area contributed by atoms with E-state index in [-0.39, 0.29) is 0 Å². The van der Waals surface area contributed by atoms with Gasteiger partial charge in [-0.3, -0.25) is 0 Å². The number of nitrogens with zero attached hydrogens (tertiary/aromatic N) is 5. The third-order valence-corrected chi connectivity index (χ3v) is 4.19. The Kier molecular flexibility index (Phi) is 2.90. The largest absolute Gasteiger partial charge is 0.376 e. The van der Waals surface area contributed by atoms with Gasteiger partial charge in [0.1, 0.15) is 5.52 Å². The number of rotatable bonds is 1. The smallest absolute Gasteiger partial charge is 0.182 e. The van der Waals surface area contributed by atoms with Crippen molar-refractivity contribution in [3.63, 3.8) is 0 Å². The Balaban J connectivity index is 1.96. The molecule has 4 rings (SSSR count). The molecule has 3 aromatic rings. The quantitative estimate of drug-likeness (QED) is 0.692. The van der Waals surface area contributed by atoms with Gasteiger partial charge in [0, 0.05) is 19.2 Å². The number of hydrogen-bond donors (Lipinski definition) is 0. The maximum atomic E-state index is 6.05. The molecule has 3 heterocycles. The molecule has 1 aromatic carbocycles. The lowest BCUT2D eigenvalue weighted by Crippen LogP contribution is -2.16. The molecule has 0 saturated heterocycles. The fraction of sp³-hybridized carbons (Fsp3) is 0.188. The van der Waals surface area contributed by atoms with Gasteiger partial charge in [-0.1, -0.05) is 23.7 Å². The summed E-state index contributed by atoms with van der Waals surface area (Å²) in [6, 6.07) is 6.23. The number of aromatic nitrogens is 4. The molecule has 0 N–H and O–H groups in total. The van der Waals surface area contributed by atoms with E-state index in [4.69, 9.17) is 11.6 Å². The SMILES string of the molecule is Cc1nc2c(cnn2-c2cccc3c2C=CN(C)C3)nc1Cl. The number of fused-ring (bicyclic) bond motifs is 2. The van der Waals surface area contributed by atoms with Crippen molar-refractivity contribution >= 4 is 28.8 Å². The molecule has 2 aromatic heterocycles. The summed E-state index contributed by atoms with van der Waals surface area (Å²) in [5.74, 6) is 0. The molecule has 0 amide bonds. The van der Waals surface area contributed by atoms with Gasteiger partial charge in [-0.25, -0.2) is 14.6 Å². The van der Waals surface area contributed by atoms with Crippen LogP contribution < -0.4 is 0 Å². The molecule has 6 heteroatoms. The zero-order valence-electron chi connectivity index (χ0n) is 12.3. The van der Waals surface area contributed by atoms with Gasteiger partial charge in [-0.05, 0) is 30.8 Å². The lowest BCUT2D eigenvalue weighted by atomic mass is 10.0. The summed E-state index contributed by atoms with van der Waals surface area (Å²) in [5, 5.41) is 4.88. The van der Waals surface area contributed by atoms with Crippen LogP contribution in [0.25, 0.3) is 22.9 Å². The molecule has 0 fully saturated rings. The fourth-order valence-corrected chi connectivity index (χ4v) is 2.86. The second-order valence-corrected chi connectivity index (χ2v) is 5.80.